The van der Waals surface area contributed by atoms with Gasteiger partial charge in [-0.1, -0.05) is 48.4 Å². The van der Waals surface area contributed by atoms with Crippen molar-refractivity contribution in [3.05, 3.63) is 74.9 Å². The minimum Gasteiger partial charge on any atom is -0.482 e. The van der Waals surface area contributed by atoms with E-state index in [1.807, 2.05) is 55.5 Å². The molecule has 0 aliphatic heterocycles. The highest BCUT2D eigenvalue weighted by Gasteiger charge is 2.44. The third kappa shape index (κ3) is 6.71. The van der Waals surface area contributed by atoms with E-state index >= 15 is 0 Å². The number of halogens is 1. The number of nitrogens with one attached hydrogen (secondary N) is 1. The summed E-state index contributed by atoms with van der Waals surface area (Å²) in [5.41, 5.74) is 2.56. The first kappa shape index (κ1) is 29.1. The van der Waals surface area contributed by atoms with Crippen molar-refractivity contribution in [2.45, 2.75) is 70.2 Å². The van der Waals surface area contributed by atoms with Crippen LogP contribution in [0.3, 0.4) is 0 Å². The number of aliphatic hydroxyl groups excluding tert-OH is 2. The standard InChI is InChI=1S/C32H39IN2O5/c1-20-6-8-21(9-7-20)19-35(30(37)18-24-15-22-10-11-23(24)14-22)27-16-25(32(39)34-12-13-36)17-29(31(27)38)40-28-5-3-2-4-26(28)33/h2-9,17,22-24,27,29,31,36,38H,10-16,18-19H2,1H3,(H,34,39)/t22?,23?,24?,27-,29+,31+/m1/s1. The van der Waals surface area contributed by atoms with Crippen LogP contribution in [-0.2, 0) is 16.1 Å². The van der Waals surface area contributed by atoms with Crippen molar-refractivity contribution in [2.75, 3.05) is 13.2 Å². The Kier molecular flexibility index (Phi) is 9.48. The number of carbonyl (C=O) groups is 2. The number of amides is 2. The largest absolute Gasteiger partial charge is 0.482 e. The van der Waals surface area contributed by atoms with Gasteiger partial charge in [0.2, 0.25) is 11.8 Å². The first-order chi connectivity index (χ1) is 19.3. The molecular weight excluding hydrogens is 619 g/mol. The predicted molar refractivity (Wildman–Crippen MR) is 161 cm³/mol. The molecule has 0 heterocycles. The lowest BCUT2D eigenvalue weighted by atomic mass is 9.84. The topological polar surface area (TPSA) is 99.1 Å². The fourth-order valence-corrected chi connectivity index (χ4v) is 7.23. The van der Waals surface area contributed by atoms with E-state index < -0.39 is 18.2 Å². The molecular formula is C32H39IN2O5. The van der Waals surface area contributed by atoms with Crippen molar-refractivity contribution < 1.29 is 24.5 Å². The molecule has 214 valence electrons. The molecule has 3 unspecified atom stereocenters. The third-order valence-electron chi connectivity index (χ3n) is 8.83. The summed E-state index contributed by atoms with van der Waals surface area (Å²) in [7, 11) is 0. The second kappa shape index (κ2) is 13.0. The molecule has 0 radical (unpaired) electrons. The number of aryl methyl sites for hydroxylation is 1. The second-order valence-corrected chi connectivity index (χ2v) is 12.8. The maximum absolute atomic E-state index is 14.1. The first-order valence-electron chi connectivity index (χ1n) is 14.4. The highest BCUT2D eigenvalue weighted by Crippen LogP contribution is 2.49. The minimum absolute atomic E-state index is 0.0206. The van der Waals surface area contributed by atoms with Crippen LogP contribution in [0.15, 0.2) is 60.2 Å². The Morgan fingerprint density at radius 1 is 1.10 bits per heavy atom. The molecule has 2 saturated carbocycles. The maximum atomic E-state index is 14.1. The summed E-state index contributed by atoms with van der Waals surface area (Å²) in [5, 5.41) is 23.7. The van der Waals surface area contributed by atoms with Gasteiger partial charge in [-0.2, -0.15) is 0 Å². The van der Waals surface area contributed by atoms with Crippen LogP contribution < -0.4 is 10.1 Å². The first-order valence-corrected chi connectivity index (χ1v) is 15.4. The number of hydrogen-bond donors (Lipinski definition) is 3. The quantitative estimate of drug-likeness (QED) is 0.330. The van der Waals surface area contributed by atoms with E-state index in [0.717, 1.165) is 27.0 Å². The van der Waals surface area contributed by atoms with Gasteiger partial charge in [0.1, 0.15) is 18.0 Å². The molecule has 3 aliphatic rings. The zero-order valence-electron chi connectivity index (χ0n) is 23.0. The van der Waals surface area contributed by atoms with Gasteiger partial charge in [0, 0.05) is 31.5 Å². The Morgan fingerprint density at radius 2 is 1.88 bits per heavy atom. The highest BCUT2D eigenvalue weighted by atomic mass is 127. The van der Waals surface area contributed by atoms with Crippen molar-refractivity contribution in [3.63, 3.8) is 0 Å². The predicted octanol–water partition coefficient (Wildman–Crippen LogP) is 4.37. The van der Waals surface area contributed by atoms with E-state index in [1.165, 1.54) is 19.3 Å². The lowest BCUT2D eigenvalue weighted by Gasteiger charge is -2.41. The molecule has 0 saturated heterocycles. The third-order valence-corrected chi connectivity index (χ3v) is 9.72. The number of nitrogens with zero attached hydrogens (tertiary/aromatic N) is 1. The number of benzene rings is 2. The van der Waals surface area contributed by atoms with E-state index in [1.54, 1.807) is 11.0 Å². The number of rotatable bonds is 10. The number of para-hydroxylation sites is 1. The number of fused-ring (bicyclic) bond motifs is 2. The Labute approximate surface area is 250 Å². The van der Waals surface area contributed by atoms with Crippen LogP contribution in [0.2, 0.25) is 0 Å². The van der Waals surface area contributed by atoms with Gasteiger partial charge in [-0.05, 0) is 90.3 Å². The van der Waals surface area contributed by atoms with Crippen molar-refractivity contribution in [1.82, 2.24) is 10.2 Å². The van der Waals surface area contributed by atoms with Crippen LogP contribution in [-0.4, -0.2) is 58.3 Å². The van der Waals surface area contributed by atoms with Gasteiger partial charge in [-0.15, -0.1) is 0 Å². The molecule has 40 heavy (non-hydrogen) atoms. The summed E-state index contributed by atoms with van der Waals surface area (Å²) in [6, 6.07) is 15.0. The molecule has 2 aromatic carbocycles. The number of carbonyl (C=O) groups excluding carboxylic acids is 2. The van der Waals surface area contributed by atoms with E-state index in [2.05, 4.69) is 27.9 Å². The van der Waals surface area contributed by atoms with Gasteiger partial charge in [0.25, 0.3) is 0 Å². The summed E-state index contributed by atoms with van der Waals surface area (Å²) in [6.45, 7) is 2.33. The van der Waals surface area contributed by atoms with Crippen LogP contribution in [0.25, 0.3) is 0 Å². The summed E-state index contributed by atoms with van der Waals surface area (Å²) in [5.74, 6) is 2.04. The van der Waals surface area contributed by atoms with Crippen molar-refractivity contribution in [3.8, 4) is 5.75 Å². The molecule has 2 fully saturated rings. The molecule has 0 spiro atoms. The van der Waals surface area contributed by atoms with Crippen molar-refractivity contribution in [2.24, 2.45) is 17.8 Å². The van der Waals surface area contributed by atoms with Gasteiger partial charge in [0.05, 0.1) is 16.2 Å². The van der Waals surface area contributed by atoms with Crippen molar-refractivity contribution in [1.29, 1.82) is 0 Å². The zero-order valence-corrected chi connectivity index (χ0v) is 25.1. The number of hydrogen-bond acceptors (Lipinski definition) is 5. The summed E-state index contributed by atoms with van der Waals surface area (Å²) in [6.07, 6.45) is 5.31. The van der Waals surface area contributed by atoms with Gasteiger partial charge in [-0.3, -0.25) is 9.59 Å². The summed E-state index contributed by atoms with van der Waals surface area (Å²) >= 11 is 2.19. The van der Waals surface area contributed by atoms with Crippen LogP contribution in [0.1, 0.15) is 49.7 Å². The lowest BCUT2D eigenvalue weighted by molar-refractivity contribution is -0.141. The fraction of sp³-hybridized carbons (Fsp3) is 0.500. The number of ether oxygens (including phenoxy) is 1. The Hall–Kier alpha value is -2.43. The maximum Gasteiger partial charge on any atom is 0.247 e. The van der Waals surface area contributed by atoms with Crippen LogP contribution in [0, 0.1) is 28.2 Å². The Morgan fingerprint density at radius 3 is 2.55 bits per heavy atom. The highest BCUT2D eigenvalue weighted by molar-refractivity contribution is 14.1. The molecule has 5 rings (SSSR count). The zero-order chi connectivity index (χ0) is 28.2. The monoisotopic (exact) mass is 658 g/mol. The van der Waals surface area contributed by atoms with Crippen LogP contribution in [0.5, 0.6) is 5.75 Å². The summed E-state index contributed by atoms with van der Waals surface area (Å²) in [4.78, 5) is 29.0. The molecule has 3 N–H and O–H groups in total. The summed E-state index contributed by atoms with van der Waals surface area (Å²) < 4.78 is 7.17. The van der Waals surface area contributed by atoms with Gasteiger partial charge in [-0.25, -0.2) is 0 Å². The van der Waals surface area contributed by atoms with Crippen LogP contribution in [0.4, 0.5) is 0 Å². The minimum atomic E-state index is -1.03. The molecule has 2 aromatic rings. The second-order valence-electron chi connectivity index (χ2n) is 11.6. The smallest absolute Gasteiger partial charge is 0.247 e. The molecule has 3 aliphatic carbocycles. The van der Waals surface area contributed by atoms with E-state index in [-0.39, 0.29) is 31.4 Å². The fourth-order valence-electron chi connectivity index (χ4n) is 6.72. The molecule has 8 heteroatoms. The Bertz CT molecular complexity index is 1230. The molecule has 6 atom stereocenters. The Balaban J connectivity index is 1.45. The van der Waals surface area contributed by atoms with Crippen LogP contribution >= 0.6 is 22.6 Å². The van der Waals surface area contributed by atoms with E-state index in [9.17, 15) is 19.8 Å². The normalized spacial score (nSPS) is 27.2. The molecule has 0 aromatic heterocycles. The average Bonchev–Trinajstić information content (AvgIpc) is 3.57. The SMILES string of the molecule is Cc1ccc(CN(C(=O)CC2CC3CCC2C3)[C@@H]2CC(C(=O)NCCO)=C[C@H](Oc3ccccc3I)[C@H]2O)cc1. The van der Waals surface area contributed by atoms with Crippen molar-refractivity contribution >= 4 is 34.4 Å². The van der Waals surface area contributed by atoms with Gasteiger partial charge >= 0.3 is 0 Å². The number of aliphatic hydroxyl groups is 2. The van der Waals surface area contributed by atoms with Gasteiger partial charge < -0.3 is 25.2 Å². The molecule has 2 amide bonds. The van der Waals surface area contributed by atoms with E-state index in [0.29, 0.717) is 36.1 Å². The molecule has 2 bridgehead atoms. The average molecular weight is 659 g/mol. The van der Waals surface area contributed by atoms with Gasteiger partial charge in [0.15, 0.2) is 0 Å². The molecule has 7 nitrogen and oxygen atoms in total. The lowest BCUT2D eigenvalue weighted by Crippen LogP contribution is -2.55. The van der Waals surface area contributed by atoms with E-state index in [4.69, 9.17) is 4.74 Å².